The van der Waals surface area contributed by atoms with E-state index in [2.05, 4.69) is 44.7 Å². The summed E-state index contributed by atoms with van der Waals surface area (Å²) in [4.78, 5) is 13.9. The van der Waals surface area contributed by atoms with Crippen LogP contribution in [0.25, 0.3) is 28.0 Å². The number of anilines is 1. The number of methoxy groups -OCH3 is 1. The molecule has 0 atom stereocenters. The minimum absolute atomic E-state index is 0.0991. The lowest BCUT2D eigenvalue weighted by molar-refractivity contribution is 0.102. The molecule has 3 aromatic carbocycles. The van der Waals surface area contributed by atoms with Gasteiger partial charge in [0.15, 0.2) is 0 Å². The predicted octanol–water partition coefficient (Wildman–Crippen LogP) is 6.98. The number of imidazole rings is 1. The molecule has 1 aliphatic heterocycles. The molecule has 0 saturated heterocycles. The second kappa shape index (κ2) is 9.08. The van der Waals surface area contributed by atoms with Crippen molar-refractivity contribution < 1.29 is 9.53 Å². The third-order valence-corrected chi connectivity index (χ3v) is 7.11. The van der Waals surface area contributed by atoms with Gasteiger partial charge in [-0.15, -0.1) is 0 Å². The van der Waals surface area contributed by atoms with Crippen LogP contribution in [0.5, 0.6) is 5.75 Å². The van der Waals surface area contributed by atoms with Gasteiger partial charge in [-0.25, -0.2) is 0 Å². The highest BCUT2D eigenvalue weighted by atomic mass is 16.5. The number of hydrogen-bond donors (Lipinski definition) is 1. The summed E-state index contributed by atoms with van der Waals surface area (Å²) < 4.78 is 9.88. The fraction of sp³-hybridized carbons (Fsp3) is 0.194. The largest absolute Gasteiger partial charge is 0.497 e. The van der Waals surface area contributed by atoms with Crippen molar-refractivity contribution in [3.63, 3.8) is 0 Å². The molecule has 1 aliphatic rings. The summed E-state index contributed by atoms with van der Waals surface area (Å²) in [6.07, 6.45) is 5.25. The predicted molar refractivity (Wildman–Crippen MR) is 145 cm³/mol. The lowest BCUT2D eigenvalue weighted by Crippen LogP contribution is -2.15. The molecule has 0 bridgehead atoms. The first-order valence-corrected chi connectivity index (χ1v) is 12.5. The van der Waals surface area contributed by atoms with Crippen LogP contribution in [0.4, 0.5) is 5.69 Å². The van der Waals surface area contributed by atoms with Crippen molar-refractivity contribution in [2.75, 3.05) is 12.4 Å². The number of rotatable bonds is 5. The third kappa shape index (κ3) is 3.77. The first-order valence-electron chi connectivity index (χ1n) is 12.5. The van der Waals surface area contributed by atoms with Gasteiger partial charge in [-0.1, -0.05) is 48.0 Å². The van der Waals surface area contributed by atoms with Gasteiger partial charge < -0.3 is 14.6 Å². The fourth-order valence-corrected chi connectivity index (χ4v) is 5.34. The molecule has 0 saturated carbocycles. The van der Waals surface area contributed by atoms with Gasteiger partial charge in [-0.3, -0.25) is 9.20 Å². The standard InChI is InChI=1S/C31H29N3O2/c1-21-11-15-24(16-12-21)32-30(35)29-28(23-8-4-3-5-9-23)26-10-6-7-19-33-27(20-34(29)31(26)33)22-13-17-25(36-2)18-14-22/h3-5,8-9,11-18,20H,6-7,10,19H2,1-2H3,(H,32,35). The van der Waals surface area contributed by atoms with Crippen molar-refractivity contribution in [1.29, 1.82) is 0 Å². The van der Waals surface area contributed by atoms with Crippen LogP contribution in [0.3, 0.4) is 0 Å². The molecule has 5 heteroatoms. The first kappa shape index (κ1) is 22.2. The van der Waals surface area contributed by atoms with E-state index in [0.717, 1.165) is 70.8 Å². The number of aromatic nitrogens is 2. The van der Waals surface area contributed by atoms with E-state index in [0.29, 0.717) is 5.69 Å². The number of ether oxygens (including phenoxy) is 1. The van der Waals surface area contributed by atoms with E-state index < -0.39 is 0 Å². The third-order valence-electron chi connectivity index (χ3n) is 7.11. The SMILES string of the molecule is COc1ccc(-c2cn3c(C(=O)Nc4ccc(C)cc4)c(-c4ccccc4)c4c3n2CCCC4)cc1. The van der Waals surface area contributed by atoms with E-state index in [1.807, 2.05) is 61.5 Å². The Balaban J connectivity index is 1.58. The number of benzene rings is 3. The zero-order chi connectivity index (χ0) is 24.6. The maximum atomic E-state index is 13.9. The second-order valence-corrected chi connectivity index (χ2v) is 9.43. The molecule has 1 N–H and O–H groups in total. The molecule has 180 valence electrons. The van der Waals surface area contributed by atoms with Gasteiger partial charge in [0, 0.05) is 29.6 Å². The van der Waals surface area contributed by atoms with Gasteiger partial charge in [0.25, 0.3) is 5.91 Å². The Labute approximate surface area is 211 Å². The summed E-state index contributed by atoms with van der Waals surface area (Å²) in [6, 6.07) is 26.4. The Hall–Kier alpha value is -4.25. The molecule has 0 fully saturated rings. The average molecular weight is 476 g/mol. The molecule has 5 aromatic rings. The average Bonchev–Trinajstić information content (AvgIpc) is 3.33. The summed E-state index contributed by atoms with van der Waals surface area (Å²) in [5.74, 6) is 0.732. The van der Waals surface area contributed by atoms with E-state index in [9.17, 15) is 4.79 Å². The Bertz CT molecular complexity index is 1540. The monoisotopic (exact) mass is 475 g/mol. The molecular weight excluding hydrogens is 446 g/mol. The number of aryl methyl sites for hydroxylation is 3. The van der Waals surface area contributed by atoms with Crippen LogP contribution in [-0.4, -0.2) is 22.0 Å². The van der Waals surface area contributed by atoms with Crippen LogP contribution in [0, 0.1) is 6.92 Å². The van der Waals surface area contributed by atoms with Gasteiger partial charge in [0.2, 0.25) is 0 Å². The fourth-order valence-electron chi connectivity index (χ4n) is 5.34. The minimum atomic E-state index is -0.0991. The maximum absolute atomic E-state index is 13.9. The van der Waals surface area contributed by atoms with E-state index in [1.165, 1.54) is 5.56 Å². The number of amides is 1. The number of hydrogen-bond acceptors (Lipinski definition) is 2. The van der Waals surface area contributed by atoms with Crippen molar-refractivity contribution >= 4 is 17.2 Å². The Morgan fingerprint density at radius 2 is 1.64 bits per heavy atom. The number of nitrogens with one attached hydrogen (secondary N) is 1. The Morgan fingerprint density at radius 3 is 2.36 bits per heavy atom. The highest BCUT2D eigenvalue weighted by molar-refractivity contribution is 6.10. The molecule has 5 nitrogen and oxygen atoms in total. The van der Waals surface area contributed by atoms with Crippen LogP contribution in [0.2, 0.25) is 0 Å². The van der Waals surface area contributed by atoms with Crippen molar-refractivity contribution in [2.24, 2.45) is 0 Å². The first-order chi connectivity index (χ1) is 17.6. The number of nitrogens with zero attached hydrogens (tertiary/aromatic N) is 2. The normalized spacial score (nSPS) is 12.9. The molecule has 3 heterocycles. The van der Waals surface area contributed by atoms with Gasteiger partial charge in [-0.2, -0.15) is 0 Å². The van der Waals surface area contributed by atoms with Crippen LogP contribution in [0.15, 0.2) is 85.1 Å². The van der Waals surface area contributed by atoms with Crippen LogP contribution in [-0.2, 0) is 13.0 Å². The maximum Gasteiger partial charge on any atom is 0.273 e. The summed E-state index contributed by atoms with van der Waals surface area (Å²) in [6.45, 7) is 2.96. The molecule has 6 rings (SSSR count). The molecule has 36 heavy (non-hydrogen) atoms. The van der Waals surface area contributed by atoms with Crippen LogP contribution in [0.1, 0.15) is 34.5 Å². The van der Waals surface area contributed by atoms with E-state index in [1.54, 1.807) is 7.11 Å². The van der Waals surface area contributed by atoms with Crippen molar-refractivity contribution in [3.8, 4) is 28.1 Å². The van der Waals surface area contributed by atoms with Crippen LogP contribution < -0.4 is 10.1 Å². The number of carbonyl (C=O) groups excluding carboxylic acids is 1. The van der Waals surface area contributed by atoms with Crippen molar-refractivity contribution in [2.45, 2.75) is 32.7 Å². The molecule has 0 unspecified atom stereocenters. The Kier molecular flexibility index (Phi) is 5.61. The zero-order valence-electron chi connectivity index (χ0n) is 20.6. The van der Waals surface area contributed by atoms with Gasteiger partial charge in [0.1, 0.15) is 17.1 Å². The van der Waals surface area contributed by atoms with Crippen molar-refractivity contribution in [1.82, 2.24) is 8.97 Å². The Morgan fingerprint density at radius 1 is 0.889 bits per heavy atom. The molecule has 0 aliphatic carbocycles. The van der Waals surface area contributed by atoms with E-state index >= 15 is 0 Å². The summed E-state index contributed by atoms with van der Waals surface area (Å²) in [5, 5.41) is 3.16. The van der Waals surface area contributed by atoms with E-state index in [4.69, 9.17) is 4.74 Å². The molecule has 0 radical (unpaired) electrons. The molecule has 1 amide bonds. The summed E-state index contributed by atoms with van der Waals surface area (Å²) in [5.41, 5.74) is 9.33. The minimum Gasteiger partial charge on any atom is -0.497 e. The summed E-state index contributed by atoms with van der Waals surface area (Å²) >= 11 is 0. The lowest BCUT2D eigenvalue weighted by atomic mass is 9.98. The van der Waals surface area contributed by atoms with E-state index in [-0.39, 0.29) is 5.91 Å². The lowest BCUT2D eigenvalue weighted by Gasteiger charge is -2.10. The van der Waals surface area contributed by atoms with Crippen LogP contribution >= 0.6 is 0 Å². The number of carbonyl (C=O) groups is 1. The van der Waals surface area contributed by atoms with Crippen molar-refractivity contribution in [3.05, 3.63) is 102 Å². The highest BCUT2D eigenvalue weighted by Gasteiger charge is 2.29. The molecule has 2 aromatic heterocycles. The van der Waals surface area contributed by atoms with Gasteiger partial charge in [0.05, 0.1) is 12.8 Å². The topological polar surface area (TPSA) is 47.7 Å². The second-order valence-electron chi connectivity index (χ2n) is 9.43. The highest BCUT2D eigenvalue weighted by Crippen LogP contribution is 2.39. The zero-order valence-corrected chi connectivity index (χ0v) is 20.6. The quantitative estimate of drug-likeness (QED) is 0.298. The smallest absolute Gasteiger partial charge is 0.273 e. The molecule has 0 spiro atoms. The summed E-state index contributed by atoms with van der Waals surface area (Å²) in [7, 11) is 1.68. The molecular formula is C31H29N3O2. The van der Waals surface area contributed by atoms with Gasteiger partial charge >= 0.3 is 0 Å². The van der Waals surface area contributed by atoms with Gasteiger partial charge in [-0.05, 0) is 73.7 Å².